The van der Waals surface area contributed by atoms with Gasteiger partial charge >= 0.3 is 0 Å². The third-order valence-electron chi connectivity index (χ3n) is 1.52. The van der Waals surface area contributed by atoms with Crippen molar-refractivity contribution in [2.45, 2.75) is 20.8 Å². The molecule has 0 aliphatic rings. The Morgan fingerprint density at radius 2 is 2.08 bits per heavy atom. The quantitative estimate of drug-likeness (QED) is 0.651. The molecule has 0 bridgehead atoms. The minimum atomic E-state index is -0.412. The zero-order valence-electron chi connectivity index (χ0n) is 7.55. The van der Waals surface area contributed by atoms with Gasteiger partial charge in [0.05, 0.1) is 5.69 Å². The van der Waals surface area contributed by atoms with Gasteiger partial charge in [-0.3, -0.25) is 4.79 Å². The van der Waals surface area contributed by atoms with Crippen molar-refractivity contribution in [1.29, 1.82) is 0 Å². The fraction of sp³-hybridized carbons (Fsp3) is 0.444. The van der Waals surface area contributed by atoms with Crippen LogP contribution >= 0.6 is 0 Å². The number of furan rings is 1. The van der Waals surface area contributed by atoms with E-state index in [4.69, 9.17) is 10.2 Å². The number of ketones is 1. The molecule has 0 saturated heterocycles. The molecule has 1 rings (SSSR count). The lowest BCUT2D eigenvalue weighted by Gasteiger charge is -2.13. The highest BCUT2D eigenvalue weighted by Gasteiger charge is 2.25. The van der Waals surface area contributed by atoms with Crippen molar-refractivity contribution in [2.75, 3.05) is 5.73 Å². The summed E-state index contributed by atoms with van der Waals surface area (Å²) in [5.41, 5.74) is 5.49. The molecule has 0 fully saturated rings. The number of rotatable bonds is 1. The summed E-state index contributed by atoms with van der Waals surface area (Å²) < 4.78 is 4.98. The maximum atomic E-state index is 11.5. The standard InChI is InChI=1S/C9H13NO2/c1-9(2,3)8(11)7-4-6(10)5-12-7/h4-5H,10H2,1-3H3. The third-order valence-corrected chi connectivity index (χ3v) is 1.52. The molecule has 2 N–H and O–H groups in total. The van der Waals surface area contributed by atoms with Gasteiger partial charge in [0.15, 0.2) is 5.76 Å². The van der Waals surface area contributed by atoms with E-state index in [0.29, 0.717) is 11.4 Å². The van der Waals surface area contributed by atoms with Gasteiger partial charge in [0.2, 0.25) is 5.78 Å². The lowest BCUT2D eigenvalue weighted by molar-refractivity contribution is 0.0828. The maximum absolute atomic E-state index is 11.5. The molecule has 3 nitrogen and oxygen atoms in total. The van der Waals surface area contributed by atoms with E-state index in [1.54, 1.807) is 6.07 Å². The van der Waals surface area contributed by atoms with Crippen LogP contribution in [0, 0.1) is 5.41 Å². The van der Waals surface area contributed by atoms with E-state index in [-0.39, 0.29) is 5.78 Å². The average molecular weight is 167 g/mol. The molecule has 0 saturated carbocycles. The second-order valence-corrected chi connectivity index (χ2v) is 3.82. The lowest BCUT2D eigenvalue weighted by Crippen LogP contribution is -2.19. The van der Waals surface area contributed by atoms with Crippen molar-refractivity contribution >= 4 is 11.5 Å². The summed E-state index contributed by atoms with van der Waals surface area (Å²) in [4.78, 5) is 11.5. The van der Waals surface area contributed by atoms with Crippen molar-refractivity contribution in [2.24, 2.45) is 5.41 Å². The second kappa shape index (κ2) is 2.66. The van der Waals surface area contributed by atoms with Gasteiger partial charge in [-0.05, 0) is 0 Å². The van der Waals surface area contributed by atoms with Gasteiger partial charge < -0.3 is 10.2 Å². The highest BCUT2D eigenvalue weighted by atomic mass is 16.3. The fourth-order valence-corrected chi connectivity index (χ4v) is 0.840. The largest absolute Gasteiger partial charge is 0.459 e. The first-order valence-corrected chi connectivity index (χ1v) is 3.80. The van der Waals surface area contributed by atoms with E-state index < -0.39 is 5.41 Å². The number of hydrogen-bond donors (Lipinski definition) is 1. The summed E-state index contributed by atoms with van der Waals surface area (Å²) in [7, 11) is 0. The number of carbonyl (C=O) groups is 1. The molecule has 0 unspecified atom stereocenters. The molecule has 0 atom stereocenters. The van der Waals surface area contributed by atoms with Crippen molar-refractivity contribution in [3.05, 3.63) is 18.1 Å². The molecular formula is C9H13NO2. The van der Waals surface area contributed by atoms with Crippen LogP contribution in [0.25, 0.3) is 0 Å². The van der Waals surface area contributed by atoms with E-state index >= 15 is 0 Å². The first-order chi connectivity index (χ1) is 5.41. The first-order valence-electron chi connectivity index (χ1n) is 3.80. The molecule has 0 spiro atoms. The number of nitrogen functional groups attached to an aromatic ring is 1. The zero-order valence-corrected chi connectivity index (χ0v) is 7.55. The SMILES string of the molecule is CC(C)(C)C(=O)c1cc(N)co1. The molecule has 3 heteroatoms. The summed E-state index contributed by atoms with van der Waals surface area (Å²) in [6.45, 7) is 5.52. The molecule has 1 heterocycles. The highest BCUT2D eigenvalue weighted by Crippen LogP contribution is 2.22. The van der Waals surface area contributed by atoms with Gasteiger partial charge in [-0.2, -0.15) is 0 Å². The van der Waals surface area contributed by atoms with Crippen LogP contribution in [-0.2, 0) is 0 Å². The minimum absolute atomic E-state index is 0.0285. The number of Topliss-reactive ketones (excluding diaryl/α,β-unsaturated/α-hetero) is 1. The molecule has 1 aromatic rings. The topological polar surface area (TPSA) is 56.2 Å². The Hall–Kier alpha value is -1.25. The Bertz CT molecular complexity index is 294. The van der Waals surface area contributed by atoms with Gasteiger partial charge in [0.1, 0.15) is 6.26 Å². The predicted molar refractivity (Wildman–Crippen MR) is 46.9 cm³/mol. The second-order valence-electron chi connectivity index (χ2n) is 3.82. The summed E-state index contributed by atoms with van der Waals surface area (Å²) in [6.07, 6.45) is 1.37. The Morgan fingerprint density at radius 1 is 1.50 bits per heavy atom. The van der Waals surface area contributed by atoms with Gasteiger partial charge in [0.25, 0.3) is 0 Å². The summed E-state index contributed by atoms with van der Waals surface area (Å²) in [5.74, 6) is 0.305. The van der Waals surface area contributed by atoms with Gasteiger partial charge in [-0.1, -0.05) is 20.8 Å². The van der Waals surface area contributed by atoms with E-state index in [2.05, 4.69) is 0 Å². The zero-order chi connectivity index (χ0) is 9.35. The van der Waals surface area contributed by atoms with E-state index in [1.807, 2.05) is 20.8 Å². The van der Waals surface area contributed by atoms with Gasteiger partial charge in [-0.15, -0.1) is 0 Å². The molecule has 12 heavy (non-hydrogen) atoms. The van der Waals surface area contributed by atoms with Crippen LogP contribution in [0.4, 0.5) is 5.69 Å². The predicted octanol–water partition coefficient (Wildman–Crippen LogP) is 2.09. The normalized spacial score (nSPS) is 11.6. The minimum Gasteiger partial charge on any atom is -0.459 e. The van der Waals surface area contributed by atoms with E-state index in [0.717, 1.165) is 0 Å². The third kappa shape index (κ3) is 1.67. The maximum Gasteiger partial charge on any atom is 0.203 e. The summed E-state index contributed by atoms with van der Waals surface area (Å²) in [5, 5.41) is 0. The number of nitrogens with two attached hydrogens (primary N) is 1. The van der Waals surface area contributed by atoms with E-state index in [1.165, 1.54) is 6.26 Å². The van der Waals surface area contributed by atoms with Crippen LogP contribution in [0.15, 0.2) is 16.7 Å². The number of anilines is 1. The Kier molecular flexibility index (Phi) is 1.96. The van der Waals surface area contributed by atoms with Gasteiger partial charge in [0, 0.05) is 11.5 Å². The van der Waals surface area contributed by atoms with Crippen LogP contribution in [0.2, 0.25) is 0 Å². The Labute approximate surface area is 71.6 Å². The molecule has 1 aromatic heterocycles. The Balaban J connectivity index is 2.93. The van der Waals surface area contributed by atoms with Crippen LogP contribution in [0.5, 0.6) is 0 Å². The van der Waals surface area contributed by atoms with Crippen molar-refractivity contribution in [1.82, 2.24) is 0 Å². The van der Waals surface area contributed by atoms with Crippen molar-refractivity contribution in [3.8, 4) is 0 Å². The molecule has 0 aromatic carbocycles. The molecule has 0 radical (unpaired) electrons. The van der Waals surface area contributed by atoms with Crippen LogP contribution in [0.3, 0.4) is 0 Å². The Morgan fingerprint density at radius 3 is 2.42 bits per heavy atom. The van der Waals surface area contributed by atoms with Gasteiger partial charge in [-0.25, -0.2) is 0 Å². The van der Waals surface area contributed by atoms with Crippen LogP contribution in [-0.4, -0.2) is 5.78 Å². The molecule has 0 aliphatic heterocycles. The van der Waals surface area contributed by atoms with Crippen molar-refractivity contribution < 1.29 is 9.21 Å². The smallest absolute Gasteiger partial charge is 0.203 e. The number of carbonyl (C=O) groups excluding carboxylic acids is 1. The fourth-order valence-electron chi connectivity index (χ4n) is 0.840. The van der Waals surface area contributed by atoms with Crippen LogP contribution < -0.4 is 5.73 Å². The lowest BCUT2D eigenvalue weighted by atomic mass is 9.89. The van der Waals surface area contributed by atoms with Crippen molar-refractivity contribution in [3.63, 3.8) is 0 Å². The van der Waals surface area contributed by atoms with E-state index in [9.17, 15) is 4.79 Å². The molecule has 0 amide bonds. The molecule has 66 valence electrons. The molecular weight excluding hydrogens is 154 g/mol. The van der Waals surface area contributed by atoms with Crippen LogP contribution in [0.1, 0.15) is 31.3 Å². The number of hydrogen-bond acceptors (Lipinski definition) is 3. The summed E-state index contributed by atoms with van der Waals surface area (Å²) >= 11 is 0. The molecule has 0 aliphatic carbocycles. The first kappa shape index (κ1) is 8.84. The summed E-state index contributed by atoms with van der Waals surface area (Å²) in [6, 6.07) is 1.55. The monoisotopic (exact) mass is 167 g/mol. The average Bonchev–Trinajstić information content (AvgIpc) is 2.32. The highest BCUT2D eigenvalue weighted by molar-refractivity contribution is 5.98.